The molecule has 0 bridgehead atoms. The molecule has 0 aromatic heterocycles. The van der Waals surface area contributed by atoms with E-state index in [2.05, 4.69) is 0 Å². The van der Waals surface area contributed by atoms with Crippen LogP contribution in [0.4, 0.5) is 0 Å². The van der Waals surface area contributed by atoms with Gasteiger partial charge in [0, 0.05) is 35.8 Å². The molecule has 2 aliphatic rings. The number of carbonyl (C=O) groups is 3. The standard InChI is InChI=1S/C23H31ClN2O4/c1-15-6-4-7-16(2)26(15)21(27)17(3)30-23(29)19-8-5-13-25(14-19)22(28)18-9-11-20(24)12-10-18/h9-12,15-17,19H,4-8,13-14H2,1-3H3/t15-,16+,17-,19+/m0/s1. The van der Waals surface area contributed by atoms with Crippen LogP contribution in [0.1, 0.15) is 63.2 Å². The quantitative estimate of drug-likeness (QED) is 0.674. The number of benzene rings is 1. The summed E-state index contributed by atoms with van der Waals surface area (Å²) in [7, 11) is 0. The maximum Gasteiger partial charge on any atom is 0.311 e. The Bertz CT molecular complexity index is 772. The zero-order chi connectivity index (χ0) is 21.8. The van der Waals surface area contributed by atoms with Crippen molar-refractivity contribution in [2.75, 3.05) is 13.1 Å². The number of piperidine rings is 2. The highest BCUT2D eigenvalue weighted by molar-refractivity contribution is 6.30. The van der Waals surface area contributed by atoms with Crippen LogP contribution < -0.4 is 0 Å². The van der Waals surface area contributed by atoms with Gasteiger partial charge >= 0.3 is 5.97 Å². The van der Waals surface area contributed by atoms with Crippen LogP contribution in [0.15, 0.2) is 24.3 Å². The smallest absolute Gasteiger partial charge is 0.311 e. The van der Waals surface area contributed by atoms with Gasteiger partial charge in [-0.15, -0.1) is 0 Å². The van der Waals surface area contributed by atoms with Gasteiger partial charge in [-0.05, 0) is 77.1 Å². The Morgan fingerprint density at radius 2 is 1.67 bits per heavy atom. The number of nitrogens with zero attached hydrogens (tertiary/aromatic N) is 2. The minimum Gasteiger partial charge on any atom is -0.452 e. The molecule has 0 saturated carbocycles. The van der Waals surface area contributed by atoms with Crippen molar-refractivity contribution in [2.24, 2.45) is 5.92 Å². The van der Waals surface area contributed by atoms with Crippen molar-refractivity contribution in [3.05, 3.63) is 34.9 Å². The van der Waals surface area contributed by atoms with E-state index in [1.54, 1.807) is 36.1 Å². The summed E-state index contributed by atoms with van der Waals surface area (Å²) in [6.07, 6.45) is 3.62. The van der Waals surface area contributed by atoms with Crippen LogP contribution in [0, 0.1) is 5.92 Å². The minimum absolute atomic E-state index is 0.121. The molecule has 0 unspecified atom stereocenters. The van der Waals surface area contributed by atoms with Crippen LogP contribution in [-0.2, 0) is 14.3 Å². The van der Waals surface area contributed by atoms with Crippen LogP contribution in [0.3, 0.4) is 0 Å². The maximum absolute atomic E-state index is 12.9. The first-order valence-corrected chi connectivity index (χ1v) is 11.2. The summed E-state index contributed by atoms with van der Waals surface area (Å²) in [4.78, 5) is 42.0. The zero-order valence-corrected chi connectivity index (χ0v) is 18.7. The Morgan fingerprint density at radius 3 is 2.30 bits per heavy atom. The molecular formula is C23H31ClN2O4. The van der Waals surface area contributed by atoms with Crippen molar-refractivity contribution in [1.29, 1.82) is 0 Å². The first kappa shape index (κ1) is 22.6. The maximum atomic E-state index is 12.9. The van der Waals surface area contributed by atoms with Gasteiger partial charge in [0.05, 0.1) is 5.92 Å². The van der Waals surface area contributed by atoms with Crippen molar-refractivity contribution >= 4 is 29.4 Å². The van der Waals surface area contributed by atoms with Gasteiger partial charge in [0.25, 0.3) is 11.8 Å². The normalized spacial score (nSPS) is 25.5. The minimum atomic E-state index is -0.817. The fourth-order valence-corrected chi connectivity index (χ4v) is 4.64. The molecule has 0 N–H and O–H groups in total. The fraction of sp³-hybridized carbons (Fsp3) is 0.609. The lowest BCUT2D eigenvalue weighted by atomic mass is 9.96. The predicted octanol–water partition coefficient (Wildman–Crippen LogP) is 3.91. The van der Waals surface area contributed by atoms with E-state index in [1.807, 2.05) is 18.7 Å². The lowest BCUT2D eigenvalue weighted by molar-refractivity contribution is -0.166. The van der Waals surface area contributed by atoms with Crippen molar-refractivity contribution in [3.63, 3.8) is 0 Å². The fourth-order valence-electron chi connectivity index (χ4n) is 4.52. The van der Waals surface area contributed by atoms with E-state index in [9.17, 15) is 14.4 Å². The van der Waals surface area contributed by atoms with E-state index in [0.29, 0.717) is 30.1 Å². The molecule has 2 aliphatic heterocycles. The van der Waals surface area contributed by atoms with Gasteiger partial charge in [0.2, 0.25) is 0 Å². The van der Waals surface area contributed by atoms with Crippen molar-refractivity contribution < 1.29 is 19.1 Å². The third kappa shape index (κ3) is 5.15. The molecule has 7 heteroatoms. The first-order valence-electron chi connectivity index (χ1n) is 10.9. The van der Waals surface area contributed by atoms with Crippen LogP contribution in [0.5, 0.6) is 0 Å². The molecule has 2 heterocycles. The average Bonchev–Trinajstić information content (AvgIpc) is 2.73. The average molecular weight is 435 g/mol. The third-order valence-electron chi connectivity index (χ3n) is 6.22. The molecule has 0 aliphatic carbocycles. The van der Waals surface area contributed by atoms with Gasteiger partial charge < -0.3 is 14.5 Å². The Hall–Kier alpha value is -2.08. The molecule has 0 spiro atoms. The lowest BCUT2D eigenvalue weighted by Gasteiger charge is -2.40. The summed E-state index contributed by atoms with van der Waals surface area (Å²) in [6, 6.07) is 7.05. The van der Waals surface area contributed by atoms with Gasteiger partial charge in [-0.2, -0.15) is 0 Å². The number of esters is 1. The number of hydrogen-bond donors (Lipinski definition) is 0. The van der Waals surface area contributed by atoms with Gasteiger partial charge in [-0.3, -0.25) is 14.4 Å². The zero-order valence-electron chi connectivity index (χ0n) is 18.0. The van der Waals surface area contributed by atoms with E-state index >= 15 is 0 Å². The molecule has 2 fully saturated rings. The highest BCUT2D eigenvalue weighted by Crippen LogP contribution is 2.25. The molecule has 6 nitrogen and oxygen atoms in total. The van der Waals surface area contributed by atoms with Crippen LogP contribution in [0.25, 0.3) is 0 Å². The molecule has 30 heavy (non-hydrogen) atoms. The van der Waals surface area contributed by atoms with Crippen molar-refractivity contribution in [2.45, 2.75) is 71.1 Å². The summed E-state index contributed by atoms with van der Waals surface area (Å²) in [5.41, 5.74) is 0.546. The number of hydrogen-bond acceptors (Lipinski definition) is 4. The summed E-state index contributed by atoms with van der Waals surface area (Å²) in [5, 5.41) is 0.572. The number of likely N-dealkylation sites (tertiary alicyclic amines) is 2. The van der Waals surface area contributed by atoms with Gasteiger partial charge in [-0.25, -0.2) is 0 Å². The molecule has 164 valence electrons. The van der Waals surface area contributed by atoms with E-state index < -0.39 is 18.0 Å². The Kier molecular flexibility index (Phi) is 7.40. The monoisotopic (exact) mass is 434 g/mol. The van der Waals surface area contributed by atoms with E-state index in [1.165, 1.54) is 0 Å². The largest absolute Gasteiger partial charge is 0.452 e. The predicted molar refractivity (Wildman–Crippen MR) is 115 cm³/mol. The van der Waals surface area contributed by atoms with E-state index in [4.69, 9.17) is 16.3 Å². The molecule has 1 aromatic carbocycles. The molecule has 2 saturated heterocycles. The SMILES string of the molecule is C[C@H](OC(=O)[C@@H]1CCCN(C(=O)c2ccc(Cl)cc2)C1)C(=O)N1[C@H](C)CCC[C@@H]1C. The van der Waals surface area contributed by atoms with Crippen LogP contribution >= 0.6 is 11.6 Å². The van der Waals surface area contributed by atoms with Crippen LogP contribution in [-0.4, -0.2) is 58.9 Å². The third-order valence-corrected chi connectivity index (χ3v) is 6.47. The molecule has 3 rings (SSSR count). The number of halogens is 1. The lowest BCUT2D eigenvalue weighted by Crippen LogP contribution is -2.52. The van der Waals surface area contributed by atoms with Gasteiger partial charge in [0.1, 0.15) is 0 Å². The second-order valence-electron chi connectivity index (χ2n) is 8.55. The Balaban J connectivity index is 1.58. The van der Waals surface area contributed by atoms with Gasteiger partial charge in [0.15, 0.2) is 6.10 Å². The first-order chi connectivity index (χ1) is 14.3. The molecular weight excluding hydrogens is 404 g/mol. The second kappa shape index (κ2) is 9.82. The Labute approximate surface area is 183 Å². The van der Waals surface area contributed by atoms with Crippen molar-refractivity contribution in [1.82, 2.24) is 9.80 Å². The molecule has 2 amide bonds. The highest BCUT2D eigenvalue weighted by atomic mass is 35.5. The Morgan fingerprint density at radius 1 is 1.03 bits per heavy atom. The highest BCUT2D eigenvalue weighted by Gasteiger charge is 2.36. The molecule has 1 aromatic rings. The number of rotatable bonds is 4. The summed E-state index contributed by atoms with van der Waals surface area (Å²) >= 11 is 5.90. The topological polar surface area (TPSA) is 66.9 Å². The van der Waals surface area contributed by atoms with E-state index in [-0.39, 0.29) is 23.9 Å². The molecule has 0 radical (unpaired) electrons. The number of ether oxygens (including phenoxy) is 1. The second-order valence-corrected chi connectivity index (χ2v) is 8.99. The van der Waals surface area contributed by atoms with Crippen molar-refractivity contribution in [3.8, 4) is 0 Å². The summed E-state index contributed by atoms with van der Waals surface area (Å²) < 4.78 is 5.57. The number of amides is 2. The molecule has 4 atom stereocenters. The summed E-state index contributed by atoms with van der Waals surface area (Å²) in [6.45, 7) is 6.64. The van der Waals surface area contributed by atoms with Crippen LogP contribution in [0.2, 0.25) is 5.02 Å². The van der Waals surface area contributed by atoms with E-state index in [0.717, 1.165) is 25.7 Å². The number of carbonyl (C=O) groups excluding carboxylic acids is 3. The summed E-state index contributed by atoms with van der Waals surface area (Å²) in [5.74, 6) is -1.07. The van der Waals surface area contributed by atoms with Gasteiger partial charge in [-0.1, -0.05) is 11.6 Å².